The predicted molar refractivity (Wildman–Crippen MR) is 84.6 cm³/mol. The Morgan fingerprint density at radius 3 is 2.60 bits per heavy atom. The summed E-state index contributed by atoms with van der Waals surface area (Å²) in [6, 6.07) is 14.8. The van der Waals surface area contributed by atoms with Crippen molar-refractivity contribution in [2.45, 2.75) is 12.3 Å². The van der Waals surface area contributed by atoms with Crippen LogP contribution in [-0.4, -0.2) is 12.5 Å². The summed E-state index contributed by atoms with van der Waals surface area (Å²) >= 11 is 3.43. The molecule has 0 fully saturated rings. The molecular weight excluding hydrogens is 318 g/mol. The fourth-order valence-electron chi connectivity index (χ4n) is 1.85. The summed E-state index contributed by atoms with van der Waals surface area (Å²) in [7, 11) is 0. The number of ether oxygens (including phenoxy) is 1. The minimum absolute atomic E-state index is 0.115. The van der Waals surface area contributed by atoms with Gasteiger partial charge in [0.05, 0.1) is 6.61 Å². The van der Waals surface area contributed by atoms with Crippen molar-refractivity contribution in [1.29, 1.82) is 0 Å². The van der Waals surface area contributed by atoms with E-state index in [1.807, 2.05) is 43.3 Å². The molecule has 1 amide bonds. The molecule has 0 saturated carbocycles. The number of carbonyl (C=O) groups excluding carboxylic acids is 1. The predicted octanol–water partition coefficient (Wildman–Crippen LogP) is 4.23. The normalized spacial score (nSPS) is 10.1. The molecule has 0 aliphatic rings. The molecule has 0 heterocycles. The van der Waals surface area contributed by atoms with Gasteiger partial charge in [0, 0.05) is 22.1 Å². The molecule has 1 N–H and O–H groups in total. The number of hydrogen-bond donors (Lipinski definition) is 1. The van der Waals surface area contributed by atoms with Gasteiger partial charge < -0.3 is 10.1 Å². The Kier molecular flexibility index (Phi) is 5.18. The van der Waals surface area contributed by atoms with Gasteiger partial charge in [-0.05, 0) is 37.3 Å². The highest BCUT2D eigenvalue weighted by Crippen LogP contribution is 2.25. The van der Waals surface area contributed by atoms with Gasteiger partial charge in [-0.15, -0.1) is 0 Å². The first-order valence-electron chi connectivity index (χ1n) is 6.42. The Morgan fingerprint density at radius 2 is 1.95 bits per heavy atom. The average molecular weight is 334 g/mol. The van der Waals surface area contributed by atoms with Crippen LogP contribution in [0.15, 0.2) is 48.5 Å². The molecule has 0 aromatic heterocycles. The Labute approximate surface area is 127 Å². The smallest absolute Gasteiger partial charge is 0.255 e. The van der Waals surface area contributed by atoms with Gasteiger partial charge in [0.1, 0.15) is 5.75 Å². The quantitative estimate of drug-likeness (QED) is 0.831. The van der Waals surface area contributed by atoms with Crippen LogP contribution in [0.1, 0.15) is 22.8 Å². The Bertz CT molecular complexity index is 584. The van der Waals surface area contributed by atoms with Crippen molar-refractivity contribution in [2.24, 2.45) is 0 Å². The molecule has 104 valence electrons. The van der Waals surface area contributed by atoms with E-state index in [4.69, 9.17) is 4.74 Å². The number of anilines is 1. The number of rotatable bonds is 5. The molecule has 2 aromatic rings. The van der Waals surface area contributed by atoms with Crippen LogP contribution in [0.4, 0.5) is 5.69 Å². The third-order valence-corrected chi connectivity index (χ3v) is 3.40. The SMILES string of the molecule is CCOc1ccc(NC(=O)c2ccccc2)cc1CBr. The molecule has 0 aliphatic carbocycles. The maximum absolute atomic E-state index is 12.1. The summed E-state index contributed by atoms with van der Waals surface area (Å²) in [4.78, 5) is 12.1. The lowest BCUT2D eigenvalue weighted by atomic mass is 10.1. The first-order chi connectivity index (χ1) is 9.74. The standard InChI is InChI=1S/C16H16BrNO2/c1-2-20-15-9-8-14(10-13(15)11-17)18-16(19)12-6-4-3-5-7-12/h3-10H,2,11H2,1H3,(H,18,19). The van der Waals surface area contributed by atoms with E-state index in [0.717, 1.165) is 17.0 Å². The van der Waals surface area contributed by atoms with Gasteiger partial charge >= 0.3 is 0 Å². The van der Waals surface area contributed by atoms with E-state index in [-0.39, 0.29) is 5.91 Å². The molecule has 0 spiro atoms. The maximum atomic E-state index is 12.1. The Hall–Kier alpha value is -1.81. The second-order valence-electron chi connectivity index (χ2n) is 4.21. The van der Waals surface area contributed by atoms with Crippen LogP contribution in [0.3, 0.4) is 0 Å². The van der Waals surface area contributed by atoms with Crippen LogP contribution in [0.25, 0.3) is 0 Å². The molecule has 0 saturated heterocycles. The molecule has 2 rings (SSSR count). The van der Waals surface area contributed by atoms with E-state index in [1.165, 1.54) is 0 Å². The number of carbonyl (C=O) groups is 1. The van der Waals surface area contributed by atoms with Crippen LogP contribution in [0.2, 0.25) is 0 Å². The monoisotopic (exact) mass is 333 g/mol. The van der Waals surface area contributed by atoms with Crippen molar-refractivity contribution >= 4 is 27.5 Å². The van der Waals surface area contributed by atoms with E-state index < -0.39 is 0 Å². The van der Waals surface area contributed by atoms with Gasteiger partial charge in [-0.2, -0.15) is 0 Å². The van der Waals surface area contributed by atoms with E-state index in [1.54, 1.807) is 12.1 Å². The summed E-state index contributed by atoms with van der Waals surface area (Å²) in [5, 5.41) is 3.56. The molecule has 0 bridgehead atoms. The second kappa shape index (κ2) is 7.10. The number of hydrogen-bond acceptors (Lipinski definition) is 2. The van der Waals surface area contributed by atoms with Gasteiger partial charge in [-0.3, -0.25) is 4.79 Å². The van der Waals surface area contributed by atoms with Crippen molar-refractivity contribution < 1.29 is 9.53 Å². The lowest BCUT2D eigenvalue weighted by Crippen LogP contribution is -2.11. The van der Waals surface area contributed by atoms with Crippen molar-refractivity contribution in [3.63, 3.8) is 0 Å². The molecule has 4 heteroatoms. The molecule has 0 aliphatic heterocycles. The van der Waals surface area contributed by atoms with Crippen LogP contribution >= 0.6 is 15.9 Å². The van der Waals surface area contributed by atoms with Crippen LogP contribution in [-0.2, 0) is 5.33 Å². The summed E-state index contributed by atoms with van der Waals surface area (Å²) in [5.74, 6) is 0.720. The number of alkyl halides is 1. The highest BCUT2D eigenvalue weighted by atomic mass is 79.9. The topological polar surface area (TPSA) is 38.3 Å². The number of halogens is 1. The fraction of sp³-hybridized carbons (Fsp3) is 0.188. The Balaban J connectivity index is 2.16. The van der Waals surface area contributed by atoms with Gasteiger partial charge in [-0.25, -0.2) is 0 Å². The third-order valence-electron chi connectivity index (χ3n) is 2.80. The van der Waals surface area contributed by atoms with Crippen LogP contribution in [0, 0.1) is 0 Å². The van der Waals surface area contributed by atoms with E-state index >= 15 is 0 Å². The largest absolute Gasteiger partial charge is 0.494 e. The molecule has 0 unspecified atom stereocenters. The Morgan fingerprint density at radius 1 is 1.20 bits per heavy atom. The minimum Gasteiger partial charge on any atom is -0.494 e. The van der Waals surface area contributed by atoms with Crippen molar-refractivity contribution in [1.82, 2.24) is 0 Å². The summed E-state index contributed by atoms with van der Waals surface area (Å²) in [5.41, 5.74) is 2.41. The van der Waals surface area contributed by atoms with E-state index in [2.05, 4.69) is 21.2 Å². The highest BCUT2D eigenvalue weighted by molar-refractivity contribution is 9.08. The first-order valence-corrected chi connectivity index (χ1v) is 7.55. The summed E-state index contributed by atoms with van der Waals surface area (Å²) < 4.78 is 5.53. The highest BCUT2D eigenvalue weighted by Gasteiger charge is 2.08. The number of benzene rings is 2. The van der Waals surface area contributed by atoms with Crippen LogP contribution < -0.4 is 10.1 Å². The molecule has 0 atom stereocenters. The molecule has 2 aromatic carbocycles. The summed E-state index contributed by atoms with van der Waals surface area (Å²) in [6.07, 6.45) is 0. The zero-order chi connectivity index (χ0) is 14.4. The van der Waals surface area contributed by atoms with Crippen molar-refractivity contribution in [3.05, 3.63) is 59.7 Å². The summed E-state index contributed by atoms with van der Waals surface area (Å²) in [6.45, 7) is 2.57. The lowest BCUT2D eigenvalue weighted by Gasteiger charge is -2.11. The molecule has 3 nitrogen and oxygen atoms in total. The van der Waals surface area contributed by atoms with Crippen molar-refractivity contribution in [2.75, 3.05) is 11.9 Å². The van der Waals surface area contributed by atoms with Gasteiger partial charge in [-0.1, -0.05) is 34.1 Å². The van der Waals surface area contributed by atoms with Crippen LogP contribution in [0.5, 0.6) is 5.75 Å². The second-order valence-corrected chi connectivity index (χ2v) is 4.77. The fourth-order valence-corrected chi connectivity index (χ4v) is 2.29. The molecule has 20 heavy (non-hydrogen) atoms. The van der Waals surface area contributed by atoms with E-state index in [9.17, 15) is 4.79 Å². The van der Waals surface area contributed by atoms with Gasteiger partial charge in [0.2, 0.25) is 0 Å². The van der Waals surface area contributed by atoms with E-state index in [0.29, 0.717) is 17.5 Å². The number of amides is 1. The molecular formula is C16H16BrNO2. The number of nitrogens with one attached hydrogen (secondary N) is 1. The molecule has 0 radical (unpaired) electrons. The lowest BCUT2D eigenvalue weighted by molar-refractivity contribution is 0.102. The third kappa shape index (κ3) is 3.61. The zero-order valence-electron chi connectivity index (χ0n) is 11.2. The maximum Gasteiger partial charge on any atom is 0.255 e. The van der Waals surface area contributed by atoms with Crippen molar-refractivity contribution in [3.8, 4) is 5.75 Å². The van der Waals surface area contributed by atoms with Gasteiger partial charge in [0.15, 0.2) is 0 Å². The first kappa shape index (κ1) is 14.6. The van der Waals surface area contributed by atoms with Gasteiger partial charge in [0.25, 0.3) is 5.91 Å². The average Bonchev–Trinajstić information content (AvgIpc) is 2.50. The minimum atomic E-state index is -0.115. The zero-order valence-corrected chi connectivity index (χ0v) is 12.8.